The van der Waals surface area contributed by atoms with E-state index in [1.807, 2.05) is 4.90 Å². The average Bonchev–Trinajstić information content (AvgIpc) is 3.20. The molecule has 1 atom stereocenters. The number of carbonyl (C=O) groups is 2. The molecule has 0 aromatic rings. The molecule has 3 N–H and O–H groups in total. The van der Waals surface area contributed by atoms with Crippen LogP contribution in [0.1, 0.15) is 122 Å². The summed E-state index contributed by atoms with van der Waals surface area (Å²) in [5.41, 5.74) is 5.49. The molecule has 2 amide bonds. The van der Waals surface area contributed by atoms with Gasteiger partial charge in [-0.2, -0.15) is 0 Å². The van der Waals surface area contributed by atoms with Crippen LogP contribution in [0.25, 0.3) is 0 Å². The third-order valence-electron chi connectivity index (χ3n) is 6.32. The molecule has 1 fully saturated rings. The summed E-state index contributed by atoms with van der Waals surface area (Å²) in [6.07, 6.45) is 20.3. The minimum Gasteiger partial charge on any atom is -0.356 e. The van der Waals surface area contributed by atoms with Crippen molar-refractivity contribution in [2.24, 2.45) is 5.73 Å². The quantitative estimate of drug-likeness (QED) is 0.276. The lowest BCUT2D eigenvalue weighted by atomic mass is 10.1. The van der Waals surface area contributed by atoms with Gasteiger partial charge in [0.25, 0.3) is 0 Å². The lowest BCUT2D eigenvalue weighted by Crippen LogP contribution is -2.39. The van der Waals surface area contributed by atoms with E-state index in [9.17, 15) is 9.59 Å². The normalized spacial score (nSPS) is 16.2. The van der Waals surface area contributed by atoms with Crippen molar-refractivity contribution in [1.82, 2.24) is 10.2 Å². The van der Waals surface area contributed by atoms with Gasteiger partial charge in [-0.15, -0.1) is 0 Å². The summed E-state index contributed by atoms with van der Waals surface area (Å²) in [5, 5.41) is 3.03. The van der Waals surface area contributed by atoms with Crippen LogP contribution in [0.3, 0.4) is 0 Å². The minimum absolute atomic E-state index is 0.0949. The predicted octanol–water partition coefficient (Wildman–Crippen LogP) is 5.31. The van der Waals surface area contributed by atoms with Gasteiger partial charge in [-0.3, -0.25) is 9.59 Å². The Bertz CT molecular complexity index is 442. The number of nitrogens with zero attached hydrogens (tertiary/aromatic N) is 1. The third-order valence-corrected chi connectivity index (χ3v) is 6.32. The molecule has 0 unspecified atom stereocenters. The van der Waals surface area contributed by atoms with Gasteiger partial charge in [0.15, 0.2) is 0 Å². The Morgan fingerprint density at radius 2 is 1.47 bits per heavy atom. The second kappa shape index (κ2) is 18.7. The van der Waals surface area contributed by atoms with Gasteiger partial charge in [0, 0.05) is 32.0 Å². The van der Waals surface area contributed by atoms with E-state index in [4.69, 9.17) is 5.73 Å². The number of hydrogen-bond acceptors (Lipinski definition) is 3. The largest absolute Gasteiger partial charge is 0.356 e. The molecular weight excluding hydrogens is 374 g/mol. The number of carbonyl (C=O) groups excluding carboxylic acids is 2. The zero-order valence-corrected chi connectivity index (χ0v) is 19.8. The molecule has 5 nitrogen and oxygen atoms in total. The zero-order chi connectivity index (χ0) is 21.9. The minimum atomic E-state index is 0.0949. The molecule has 5 heteroatoms. The second-order valence-electron chi connectivity index (χ2n) is 9.07. The van der Waals surface area contributed by atoms with Crippen molar-refractivity contribution < 1.29 is 9.59 Å². The summed E-state index contributed by atoms with van der Waals surface area (Å²) >= 11 is 0. The van der Waals surface area contributed by atoms with E-state index in [2.05, 4.69) is 12.2 Å². The van der Waals surface area contributed by atoms with Crippen LogP contribution in [0.5, 0.6) is 0 Å². The van der Waals surface area contributed by atoms with Crippen LogP contribution in [-0.2, 0) is 9.59 Å². The van der Waals surface area contributed by atoms with Crippen LogP contribution in [0.2, 0.25) is 0 Å². The van der Waals surface area contributed by atoms with Crippen LogP contribution >= 0.6 is 0 Å². The van der Waals surface area contributed by atoms with Crippen molar-refractivity contribution in [3.8, 4) is 0 Å². The van der Waals surface area contributed by atoms with Gasteiger partial charge < -0.3 is 16.0 Å². The third kappa shape index (κ3) is 13.3. The molecule has 0 saturated carbocycles. The average molecular weight is 424 g/mol. The Balaban J connectivity index is 2.07. The van der Waals surface area contributed by atoms with Gasteiger partial charge >= 0.3 is 0 Å². The monoisotopic (exact) mass is 423 g/mol. The predicted molar refractivity (Wildman–Crippen MR) is 126 cm³/mol. The Morgan fingerprint density at radius 3 is 2.13 bits per heavy atom. The highest BCUT2D eigenvalue weighted by atomic mass is 16.2. The van der Waals surface area contributed by atoms with Gasteiger partial charge in [-0.05, 0) is 38.6 Å². The second-order valence-corrected chi connectivity index (χ2v) is 9.07. The van der Waals surface area contributed by atoms with Crippen molar-refractivity contribution in [3.05, 3.63) is 0 Å². The molecule has 0 radical (unpaired) electrons. The van der Waals surface area contributed by atoms with E-state index >= 15 is 0 Å². The number of hydrogen-bond donors (Lipinski definition) is 2. The fourth-order valence-corrected chi connectivity index (χ4v) is 4.42. The van der Waals surface area contributed by atoms with E-state index in [1.54, 1.807) is 0 Å². The molecule has 1 saturated heterocycles. The van der Waals surface area contributed by atoms with Crippen molar-refractivity contribution in [2.75, 3.05) is 19.6 Å². The number of likely N-dealkylation sites (tertiary alicyclic amines) is 1. The number of amides is 2. The maximum absolute atomic E-state index is 12.6. The molecule has 1 aliphatic rings. The van der Waals surface area contributed by atoms with Gasteiger partial charge in [0.1, 0.15) is 0 Å². The Morgan fingerprint density at radius 1 is 0.867 bits per heavy atom. The summed E-state index contributed by atoms with van der Waals surface area (Å²) in [6.45, 7) is 4.57. The van der Waals surface area contributed by atoms with Crippen LogP contribution in [0.15, 0.2) is 0 Å². The van der Waals surface area contributed by atoms with Gasteiger partial charge in [-0.25, -0.2) is 0 Å². The number of rotatable bonds is 19. The van der Waals surface area contributed by atoms with Crippen LogP contribution in [0.4, 0.5) is 0 Å². The van der Waals surface area contributed by atoms with Crippen molar-refractivity contribution in [2.45, 2.75) is 129 Å². The maximum Gasteiger partial charge on any atom is 0.222 e. The Kier molecular flexibility index (Phi) is 16.7. The van der Waals surface area contributed by atoms with Crippen LogP contribution < -0.4 is 11.1 Å². The molecule has 0 bridgehead atoms. The zero-order valence-electron chi connectivity index (χ0n) is 19.8. The first-order chi connectivity index (χ1) is 14.7. The highest BCUT2D eigenvalue weighted by Crippen LogP contribution is 2.22. The Labute approximate surface area is 185 Å². The highest BCUT2D eigenvalue weighted by molar-refractivity contribution is 5.80. The molecular formula is C25H49N3O2. The first-order valence-electron chi connectivity index (χ1n) is 12.9. The summed E-state index contributed by atoms with van der Waals surface area (Å²) in [6, 6.07) is 0.109. The molecule has 0 aliphatic carbocycles. The first-order valence-corrected chi connectivity index (χ1v) is 12.9. The van der Waals surface area contributed by atoms with Gasteiger partial charge in [-0.1, -0.05) is 77.6 Å². The van der Waals surface area contributed by atoms with E-state index < -0.39 is 0 Å². The van der Waals surface area contributed by atoms with Gasteiger partial charge in [0.2, 0.25) is 11.8 Å². The Hall–Kier alpha value is -1.10. The smallest absolute Gasteiger partial charge is 0.222 e. The van der Waals surface area contributed by atoms with Crippen LogP contribution in [-0.4, -0.2) is 42.4 Å². The van der Waals surface area contributed by atoms with Gasteiger partial charge in [0.05, 0.1) is 0 Å². The van der Waals surface area contributed by atoms with Crippen LogP contribution in [0, 0.1) is 0 Å². The highest BCUT2D eigenvalue weighted by Gasteiger charge is 2.29. The molecule has 1 aliphatic heterocycles. The molecule has 1 heterocycles. The van der Waals surface area contributed by atoms with E-state index in [0.29, 0.717) is 12.8 Å². The number of unbranched alkanes of at least 4 members (excludes halogenated alkanes) is 12. The molecule has 176 valence electrons. The van der Waals surface area contributed by atoms with Crippen molar-refractivity contribution in [3.63, 3.8) is 0 Å². The SMILES string of the molecule is CCCCCCCCCCCCC(=O)N1CCC[C@@H]1CC(=O)NCCCCCCN. The fourth-order valence-electron chi connectivity index (χ4n) is 4.42. The molecule has 0 aromatic heterocycles. The van der Waals surface area contributed by atoms with E-state index in [1.165, 1.54) is 51.4 Å². The molecule has 0 aromatic carbocycles. The fraction of sp³-hybridized carbons (Fsp3) is 0.920. The topological polar surface area (TPSA) is 75.4 Å². The molecule has 0 spiro atoms. The van der Waals surface area contributed by atoms with Crippen molar-refractivity contribution >= 4 is 11.8 Å². The summed E-state index contributed by atoms with van der Waals surface area (Å²) in [7, 11) is 0. The standard InChI is InChI=1S/C25H49N3O2/c1-2-3-4-5-6-7-8-9-10-13-18-25(30)28-21-16-17-23(28)22-24(29)27-20-15-12-11-14-19-26/h23H,2-22,26H2,1H3,(H,27,29)/t23-/m1/s1. The maximum atomic E-state index is 12.6. The van der Waals surface area contributed by atoms with E-state index in [0.717, 1.165) is 71.0 Å². The number of nitrogens with two attached hydrogens (primary N) is 1. The summed E-state index contributed by atoms with van der Waals surface area (Å²) in [4.78, 5) is 26.8. The number of nitrogens with one attached hydrogen (secondary N) is 1. The lowest BCUT2D eigenvalue weighted by Gasteiger charge is -2.24. The summed E-state index contributed by atoms with van der Waals surface area (Å²) < 4.78 is 0. The molecule has 30 heavy (non-hydrogen) atoms. The lowest BCUT2D eigenvalue weighted by molar-refractivity contribution is -0.133. The van der Waals surface area contributed by atoms with E-state index in [-0.39, 0.29) is 17.9 Å². The first kappa shape index (κ1) is 26.9. The molecule has 1 rings (SSSR count). The summed E-state index contributed by atoms with van der Waals surface area (Å²) in [5.74, 6) is 0.351. The van der Waals surface area contributed by atoms with Crippen molar-refractivity contribution in [1.29, 1.82) is 0 Å².